The largest absolute Gasteiger partial charge is 0.325 e. The van der Waals surface area contributed by atoms with Crippen LogP contribution >= 0.6 is 0 Å². The number of imide groups is 1. The van der Waals surface area contributed by atoms with Crippen molar-refractivity contribution in [1.82, 2.24) is 20.4 Å². The van der Waals surface area contributed by atoms with Crippen molar-refractivity contribution < 1.29 is 22.8 Å². The predicted octanol–water partition coefficient (Wildman–Crippen LogP) is 3.11. The molecule has 2 N–H and O–H groups in total. The summed E-state index contributed by atoms with van der Waals surface area (Å²) in [4.78, 5) is 44.6. The number of ketones is 1. The maximum Gasteiger partial charge on any atom is 0.325 e. The van der Waals surface area contributed by atoms with Crippen molar-refractivity contribution in [3.05, 3.63) is 65.7 Å². The second-order valence-electron chi connectivity index (χ2n) is 12.5. The Morgan fingerprint density at radius 1 is 0.976 bits per heavy atom. The van der Waals surface area contributed by atoms with Crippen LogP contribution < -0.4 is 10.6 Å². The number of piperidine rings is 1. The Hall–Kier alpha value is -3.08. The van der Waals surface area contributed by atoms with Crippen LogP contribution in [0.3, 0.4) is 0 Å². The number of hydrogen-bond donors (Lipinski definition) is 2. The Morgan fingerprint density at radius 3 is 2.29 bits per heavy atom. The standard InChI is InChI=1S/C32H40N4O5S/c1-42(40,41)25-13-11-22(12-14-25)21-36-30(38)32(34-31(36)39)15-17-35(18-16-32)28(29(37)24-9-5-6-10-24)27-20-33-19-26(27)23-7-3-2-4-8-23/h2-4,7-8,11-14,24,26-28,33H,5-6,9-10,15-21H2,1H3,(H,34,39)/t26-,27-,28?/m1/s1. The van der Waals surface area contributed by atoms with E-state index in [1.807, 2.05) is 6.07 Å². The van der Waals surface area contributed by atoms with Crippen LogP contribution in [0.2, 0.25) is 0 Å². The lowest BCUT2D eigenvalue weighted by atomic mass is 9.77. The summed E-state index contributed by atoms with van der Waals surface area (Å²) in [6, 6.07) is 16.1. The SMILES string of the molecule is CS(=O)(=O)c1ccc(CN2C(=O)NC3(CCN(C(C(=O)C4CCCC4)[C@@H]4CNC[C@@H]4c4ccccc4)CC3)C2=O)cc1. The summed E-state index contributed by atoms with van der Waals surface area (Å²) in [6.07, 6.45) is 6.16. The number of carbonyl (C=O) groups is 3. The van der Waals surface area contributed by atoms with E-state index in [4.69, 9.17) is 0 Å². The molecule has 2 aromatic carbocycles. The molecule has 42 heavy (non-hydrogen) atoms. The summed E-state index contributed by atoms with van der Waals surface area (Å²) < 4.78 is 23.6. The third-order valence-electron chi connectivity index (χ3n) is 9.93. The first-order valence-electron chi connectivity index (χ1n) is 15.1. The maximum absolute atomic E-state index is 14.1. The summed E-state index contributed by atoms with van der Waals surface area (Å²) >= 11 is 0. The molecule has 3 atom stereocenters. The third-order valence-corrected chi connectivity index (χ3v) is 11.1. The van der Waals surface area contributed by atoms with Crippen LogP contribution in [0.25, 0.3) is 0 Å². The second kappa shape index (κ2) is 11.5. The molecule has 4 aliphatic rings. The molecule has 1 aliphatic carbocycles. The molecule has 1 saturated carbocycles. The highest BCUT2D eigenvalue weighted by atomic mass is 32.2. The van der Waals surface area contributed by atoms with Gasteiger partial charge in [-0.05, 0) is 48.9 Å². The first-order chi connectivity index (χ1) is 20.2. The van der Waals surface area contributed by atoms with E-state index in [0.717, 1.165) is 45.0 Å². The number of nitrogens with one attached hydrogen (secondary N) is 2. The van der Waals surface area contributed by atoms with Crippen LogP contribution in [0.4, 0.5) is 4.79 Å². The van der Waals surface area contributed by atoms with Crippen molar-refractivity contribution in [3.63, 3.8) is 0 Å². The first kappa shape index (κ1) is 29.0. The van der Waals surface area contributed by atoms with Crippen LogP contribution in [0.15, 0.2) is 59.5 Å². The summed E-state index contributed by atoms with van der Waals surface area (Å²) in [5, 5.41) is 6.55. The molecule has 2 aromatic rings. The molecule has 9 nitrogen and oxygen atoms in total. The lowest BCUT2D eigenvalue weighted by Gasteiger charge is -2.44. The van der Waals surface area contributed by atoms with E-state index in [-0.39, 0.29) is 41.1 Å². The third kappa shape index (κ3) is 5.52. The molecule has 3 amide bonds. The monoisotopic (exact) mass is 592 g/mol. The van der Waals surface area contributed by atoms with E-state index in [9.17, 15) is 22.8 Å². The Kier molecular flexibility index (Phi) is 7.97. The molecule has 3 saturated heterocycles. The van der Waals surface area contributed by atoms with E-state index in [2.05, 4.69) is 39.8 Å². The number of carbonyl (C=O) groups excluding carboxylic acids is 3. The van der Waals surface area contributed by atoms with Crippen LogP contribution in [0.1, 0.15) is 55.6 Å². The summed E-state index contributed by atoms with van der Waals surface area (Å²) in [7, 11) is -3.33. The molecule has 0 aromatic heterocycles. The van der Waals surface area contributed by atoms with Crippen molar-refractivity contribution in [3.8, 4) is 0 Å². The fourth-order valence-corrected chi connectivity index (χ4v) is 8.21. The van der Waals surface area contributed by atoms with Gasteiger partial charge in [-0.25, -0.2) is 13.2 Å². The Morgan fingerprint density at radius 2 is 1.64 bits per heavy atom. The molecular weight excluding hydrogens is 552 g/mol. The Bertz CT molecular complexity index is 1430. The predicted molar refractivity (Wildman–Crippen MR) is 158 cm³/mol. The number of benzene rings is 2. The number of likely N-dealkylation sites (tertiary alicyclic amines) is 1. The molecule has 10 heteroatoms. The van der Waals surface area contributed by atoms with Crippen LogP contribution in [0, 0.1) is 11.8 Å². The van der Waals surface area contributed by atoms with Gasteiger partial charge in [-0.2, -0.15) is 0 Å². The molecule has 0 bridgehead atoms. The van der Waals surface area contributed by atoms with Gasteiger partial charge in [-0.1, -0.05) is 55.3 Å². The average molecular weight is 593 g/mol. The number of urea groups is 1. The number of Topliss-reactive ketones (excluding diaryl/α,β-unsaturated/α-hetero) is 1. The van der Waals surface area contributed by atoms with E-state index in [1.54, 1.807) is 12.1 Å². The summed E-state index contributed by atoms with van der Waals surface area (Å²) in [5.74, 6) is 0.590. The average Bonchev–Trinajstić information content (AvgIpc) is 3.73. The van der Waals surface area contributed by atoms with Crippen molar-refractivity contribution >= 4 is 27.6 Å². The summed E-state index contributed by atoms with van der Waals surface area (Å²) in [5.41, 5.74) is 0.959. The van der Waals surface area contributed by atoms with Gasteiger partial charge in [-0.15, -0.1) is 0 Å². The van der Waals surface area contributed by atoms with E-state index < -0.39 is 21.4 Å². The first-order valence-corrected chi connectivity index (χ1v) is 17.0. The van der Waals surface area contributed by atoms with Crippen LogP contribution in [-0.4, -0.2) is 80.0 Å². The number of hydrogen-bond acceptors (Lipinski definition) is 7. The van der Waals surface area contributed by atoms with Gasteiger partial charge in [0.05, 0.1) is 17.5 Å². The highest BCUT2D eigenvalue weighted by molar-refractivity contribution is 7.90. The van der Waals surface area contributed by atoms with Gasteiger partial charge in [0.25, 0.3) is 5.91 Å². The number of amides is 3. The topological polar surface area (TPSA) is 116 Å². The maximum atomic E-state index is 14.1. The van der Waals surface area contributed by atoms with Gasteiger partial charge in [0.1, 0.15) is 5.54 Å². The van der Waals surface area contributed by atoms with Crippen molar-refractivity contribution in [2.45, 2.75) is 67.5 Å². The molecule has 6 rings (SSSR count). The summed E-state index contributed by atoms with van der Waals surface area (Å²) in [6.45, 7) is 2.82. The van der Waals surface area contributed by atoms with Crippen LogP contribution in [-0.2, 0) is 26.0 Å². The normalized spacial score (nSPS) is 25.7. The second-order valence-corrected chi connectivity index (χ2v) is 14.5. The van der Waals surface area contributed by atoms with Gasteiger partial charge in [0.2, 0.25) is 0 Å². The lowest BCUT2D eigenvalue weighted by Crippen LogP contribution is -2.59. The lowest BCUT2D eigenvalue weighted by molar-refractivity contribution is -0.135. The Labute approximate surface area is 247 Å². The zero-order chi connectivity index (χ0) is 29.5. The molecule has 3 heterocycles. The smallest absolute Gasteiger partial charge is 0.323 e. The number of nitrogens with zero attached hydrogens (tertiary/aromatic N) is 2. The van der Waals surface area contributed by atoms with Gasteiger partial charge in [0, 0.05) is 50.2 Å². The molecule has 0 radical (unpaired) electrons. The van der Waals surface area contributed by atoms with Crippen molar-refractivity contribution in [1.29, 1.82) is 0 Å². The van der Waals surface area contributed by atoms with Gasteiger partial charge in [0.15, 0.2) is 15.6 Å². The molecule has 3 aliphatic heterocycles. The van der Waals surface area contributed by atoms with Gasteiger partial charge in [-0.3, -0.25) is 19.4 Å². The minimum atomic E-state index is -3.33. The fraction of sp³-hybridized carbons (Fsp3) is 0.531. The highest BCUT2D eigenvalue weighted by Crippen LogP contribution is 2.39. The Balaban J connectivity index is 1.18. The molecule has 4 fully saturated rings. The quantitative estimate of drug-likeness (QED) is 0.453. The molecule has 224 valence electrons. The minimum absolute atomic E-state index is 0.0788. The van der Waals surface area contributed by atoms with Gasteiger partial charge >= 0.3 is 6.03 Å². The van der Waals surface area contributed by atoms with E-state index in [0.29, 0.717) is 37.3 Å². The van der Waals surface area contributed by atoms with Gasteiger partial charge < -0.3 is 10.6 Å². The fourth-order valence-electron chi connectivity index (χ4n) is 7.58. The van der Waals surface area contributed by atoms with Crippen molar-refractivity contribution in [2.75, 3.05) is 32.4 Å². The minimum Gasteiger partial charge on any atom is -0.323 e. The highest BCUT2D eigenvalue weighted by Gasteiger charge is 2.54. The van der Waals surface area contributed by atoms with E-state index >= 15 is 0 Å². The van der Waals surface area contributed by atoms with Crippen molar-refractivity contribution in [2.24, 2.45) is 11.8 Å². The van der Waals surface area contributed by atoms with Crippen LogP contribution in [0.5, 0.6) is 0 Å². The molecule has 1 unspecified atom stereocenters. The molecular formula is C32H40N4O5S. The number of rotatable bonds is 8. The zero-order valence-corrected chi connectivity index (χ0v) is 24.9. The zero-order valence-electron chi connectivity index (χ0n) is 24.1. The number of sulfone groups is 1. The van der Waals surface area contributed by atoms with E-state index in [1.165, 1.54) is 22.6 Å². The molecule has 1 spiro atoms.